The minimum Gasteiger partial charge on any atom is -0.477 e. The van der Waals surface area contributed by atoms with Gasteiger partial charge in [-0.05, 0) is 12.8 Å². The number of rotatable bonds is 6. The highest BCUT2D eigenvalue weighted by molar-refractivity contribution is 5.86. The van der Waals surface area contributed by atoms with Crippen LogP contribution in [0.1, 0.15) is 37.2 Å². The fourth-order valence-corrected chi connectivity index (χ4v) is 0.971. The number of hydrogen-bond acceptors (Lipinski definition) is 5. The number of hydrogen-bond donors (Lipinski definition) is 0. The van der Waals surface area contributed by atoms with E-state index in [4.69, 9.17) is 9.47 Å². The molecule has 1 aromatic rings. The third-order valence-corrected chi connectivity index (χ3v) is 1.73. The van der Waals surface area contributed by atoms with E-state index >= 15 is 0 Å². The van der Waals surface area contributed by atoms with Crippen molar-refractivity contribution in [2.24, 2.45) is 0 Å². The van der Waals surface area contributed by atoms with Crippen LogP contribution in [0.3, 0.4) is 0 Å². The maximum Gasteiger partial charge on any atom is 0.358 e. The first-order chi connectivity index (χ1) is 7.77. The zero-order chi connectivity index (χ0) is 11.8. The van der Waals surface area contributed by atoms with Gasteiger partial charge in [0.15, 0.2) is 5.69 Å². The normalized spacial score (nSPS) is 9.88. The molecule has 0 bridgehead atoms. The Hall–Kier alpha value is -1.65. The first kappa shape index (κ1) is 12.4. The van der Waals surface area contributed by atoms with E-state index in [0.29, 0.717) is 19.1 Å². The van der Waals surface area contributed by atoms with Gasteiger partial charge in [-0.25, -0.2) is 14.8 Å². The van der Waals surface area contributed by atoms with Crippen LogP contribution in [-0.2, 0) is 4.74 Å². The molecule has 5 nitrogen and oxygen atoms in total. The zero-order valence-corrected chi connectivity index (χ0v) is 9.60. The second kappa shape index (κ2) is 6.76. The Kier molecular flexibility index (Phi) is 5.25. The lowest BCUT2D eigenvalue weighted by Gasteiger charge is -2.04. The van der Waals surface area contributed by atoms with Crippen molar-refractivity contribution in [1.29, 1.82) is 0 Å². The molecule has 1 aromatic heterocycles. The second-order valence-electron chi connectivity index (χ2n) is 3.22. The highest BCUT2D eigenvalue weighted by Gasteiger charge is 2.08. The third kappa shape index (κ3) is 3.84. The van der Waals surface area contributed by atoms with Crippen LogP contribution in [0.5, 0.6) is 5.88 Å². The van der Waals surface area contributed by atoms with Crippen LogP contribution in [0.4, 0.5) is 0 Å². The number of nitrogens with zero attached hydrogens (tertiary/aromatic N) is 2. The van der Waals surface area contributed by atoms with Crippen molar-refractivity contribution in [2.45, 2.75) is 26.7 Å². The van der Waals surface area contributed by atoms with Crippen LogP contribution in [-0.4, -0.2) is 29.2 Å². The van der Waals surface area contributed by atoms with Gasteiger partial charge in [-0.1, -0.05) is 13.8 Å². The standard InChI is InChI=1S/C11H16N2O3/c1-3-5-15-10-8-12-9(7-13-10)11(14)16-6-4-2/h7-8H,3-6H2,1-2H3. The van der Waals surface area contributed by atoms with Crippen LogP contribution in [0, 0.1) is 0 Å². The highest BCUT2D eigenvalue weighted by atomic mass is 16.5. The molecule has 5 heteroatoms. The molecule has 0 fully saturated rings. The van der Waals surface area contributed by atoms with E-state index in [9.17, 15) is 4.79 Å². The minimum absolute atomic E-state index is 0.206. The number of carbonyl (C=O) groups is 1. The SMILES string of the molecule is CCCOC(=O)c1cnc(OCCC)cn1. The quantitative estimate of drug-likeness (QED) is 0.690. The fraction of sp³-hybridized carbons (Fsp3) is 0.545. The average molecular weight is 224 g/mol. The lowest BCUT2D eigenvalue weighted by atomic mass is 10.4. The molecule has 0 radical (unpaired) electrons. The topological polar surface area (TPSA) is 61.3 Å². The molecule has 0 saturated carbocycles. The van der Waals surface area contributed by atoms with Crippen molar-refractivity contribution in [3.05, 3.63) is 18.1 Å². The monoisotopic (exact) mass is 224 g/mol. The Bertz CT molecular complexity index is 325. The number of carbonyl (C=O) groups excluding carboxylic acids is 1. The van der Waals surface area contributed by atoms with Gasteiger partial charge in [0.05, 0.1) is 25.6 Å². The van der Waals surface area contributed by atoms with Crippen LogP contribution < -0.4 is 4.74 Å². The van der Waals surface area contributed by atoms with Gasteiger partial charge in [0.2, 0.25) is 5.88 Å². The summed E-state index contributed by atoms with van der Waals surface area (Å²) in [5, 5.41) is 0. The summed E-state index contributed by atoms with van der Waals surface area (Å²) in [5.74, 6) is -0.0229. The van der Waals surface area contributed by atoms with Crippen LogP contribution in [0.25, 0.3) is 0 Å². The lowest BCUT2D eigenvalue weighted by Crippen LogP contribution is -2.09. The van der Waals surface area contributed by atoms with Gasteiger partial charge < -0.3 is 9.47 Å². The number of esters is 1. The predicted octanol–water partition coefficient (Wildman–Crippen LogP) is 1.83. The summed E-state index contributed by atoms with van der Waals surface area (Å²) in [5.41, 5.74) is 0.206. The minimum atomic E-state index is -0.448. The summed E-state index contributed by atoms with van der Waals surface area (Å²) in [4.78, 5) is 19.2. The predicted molar refractivity (Wildman–Crippen MR) is 58.4 cm³/mol. The Balaban J connectivity index is 2.53. The van der Waals surface area contributed by atoms with Gasteiger partial charge in [0.25, 0.3) is 0 Å². The Morgan fingerprint density at radius 1 is 1.19 bits per heavy atom. The Morgan fingerprint density at radius 2 is 1.94 bits per heavy atom. The van der Waals surface area contributed by atoms with E-state index in [1.165, 1.54) is 12.4 Å². The summed E-state index contributed by atoms with van der Waals surface area (Å²) < 4.78 is 10.2. The molecular weight excluding hydrogens is 208 g/mol. The first-order valence-corrected chi connectivity index (χ1v) is 5.39. The molecule has 0 saturated heterocycles. The average Bonchev–Trinajstić information content (AvgIpc) is 2.34. The van der Waals surface area contributed by atoms with E-state index in [2.05, 4.69) is 9.97 Å². The molecule has 16 heavy (non-hydrogen) atoms. The van der Waals surface area contributed by atoms with Crippen molar-refractivity contribution in [3.63, 3.8) is 0 Å². The van der Waals surface area contributed by atoms with E-state index in [1.54, 1.807) is 0 Å². The highest BCUT2D eigenvalue weighted by Crippen LogP contribution is 2.05. The van der Waals surface area contributed by atoms with Crippen molar-refractivity contribution < 1.29 is 14.3 Å². The zero-order valence-electron chi connectivity index (χ0n) is 9.60. The molecule has 0 atom stereocenters. The molecule has 0 amide bonds. The summed E-state index contributed by atoms with van der Waals surface area (Å²) in [6.07, 6.45) is 4.49. The molecule has 0 aliphatic heterocycles. The van der Waals surface area contributed by atoms with Crippen molar-refractivity contribution >= 4 is 5.97 Å². The summed E-state index contributed by atoms with van der Waals surface area (Å²) in [7, 11) is 0. The molecule has 1 heterocycles. The molecule has 0 unspecified atom stereocenters. The van der Waals surface area contributed by atoms with Gasteiger partial charge in [-0.15, -0.1) is 0 Å². The molecule has 0 aliphatic carbocycles. The summed E-state index contributed by atoms with van der Waals surface area (Å²) in [6, 6.07) is 0. The van der Waals surface area contributed by atoms with E-state index in [0.717, 1.165) is 12.8 Å². The first-order valence-electron chi connectivity index (χ1n) is 5.39. The number of ether oxygens (including phenoxy) is 2. The number of aromatic nitrogens is 2. The summed E-state index contributed by atoms with van der Waals surface area (Å²) in [6.45, 7) is 4.92. The summed E-state index contributed by atoms with van der Waals surface area (Å²) >= 11 is 0. The van der Waals surface area contributed by atoms with E-state index < -0.39 is 5.97 Å². The van der Waals surface area contributed by atoms with Crippen molar-refractivity contribution in [2.75, 3.05) is 13.2 Å². The van der Waals surface area contributed by atoms with Gasteiger partial charge in [0, 0.05) is 0 Å². The third-order valence-electron chi connectivity index (χ3n) is 1.73. The molecule has 0 N–H and O–H groups in total. The molecular formula is C11H16N2O3. The van der Waals surface area contributed by atoms with Gasteiger partial charge >= 0.3 is 5.97 Å². The molecule has 0 spiro atoms. The Labute approximate surface area is 94.8 Å². The Morgan fingerprint density at radius 3 is 2.50 bits per heavy atom. The lowest BCUT2D eigenvalue weighted by molar-refractivity contribution is 0.0497. The molecule has 1 rings (SSSR count). The maximum atomic E-state index is 11.4. The van der Waals surface area contributed by atoms with Gasteiger partial charge in [-0.2, -0.15) is 0 Å². The van der Waals surface area contributed by atoms with Crippen molar-refractivity contribution in [1.82, 2.24) is 9.97 Å². The smallest absolute Gasteiger partial charge is 0.358 e. The fourth-order valence-electron chi connectivity index (χ4n) is 0.971. The van der Waals surface area contributed by atoms with Gasteiger partial charge in [0.1, 0.15) is 0 Å². The van der Waals surface area contributed by atoms with Crippen molar-refractivity contribution in [3.8, 4) is 5.88 Å². The van der Waals surface area contributed by atoms with Crippen LogP contribution in [0.15, 0.2) is 12.4 Å². The van der Waals surface area contributed by atoms with Crippen LogP contribution in [0.2, 0.25) is 0 Å². The van der Waals surface area contributed by atoms with E-state index in [-0.39, 0.29) is 5.69 Å². The molecule has 88 valence electrons. The maximum absolute atomic E-state index is 11.4. The van der Waals surface area contributed by atoms with Gasteiger partial charge in [-0.3, -0.25) is 0 Å². The van der Waals surface area contributed by atoms with E-state index in [1.807, 2.05) is 13.8 Å². The van der Waals surface area contributed by atoms with Crippen LogP contribution >= 0.6 is 0 Å². The molecule has 0 aliphatic rings. The molecule has 0 aromatic carbocycles. The largest absolute Gasteiger partial charge is 0.477 e. The second-order valence-corrected chi connectivity index (χ2v) is 3.22.